The number of benzene rings is 2. The van der Waals surface area contributed by atoms with E-state index in [1.807, 2.05) is 0 Å². The number of anilines is 1. The standard InChI is InChI=1S/C21H15ClF3N5O2/c22-14-3-1-13(2-4-14)19-17(18-11-26-9-10-27-18)12-30(29-19)20(31)28-15-5-7-16(8-6-15)32-21(23,24)25/h1-11,17H,12H2,(H,28,31). The number of halogens is 4. The molecule has 0 spiro atoms. The Morgan fingerprint density at radius 1 is 1.09 bits per heavy atom. The number of carbonyl (C=O) groups excluding carboxylic acids is 1. The Balaban J connectivity index is 1.53. The smallest absolute Gasteiger partial charge is 0.406 e. The molecule has 2 amide bonds. The third-order valence-corrected chi connectivity index (χ3v) is 4.82. The Hall–Kier alpha value is -3.66. The van der Waals surface area contributed by atoms with E-state index in [0.29, 0.717) is 16.4 Å². The molecule has 1 atom stereocenters. The molecule has 7 nitrogen and oxygen atoms in total. The van der Waals surface area contributed by atoms with Gasteiger partial charge in [-0.1, -0.05) is 23.7 Å². The van der Waals surface area contributed by atoms with E-state index >= 15 is 0 Å². The van der Waals surface area contributed by atoms with Crippen LogP contribution in [-0.4, -0.2) is 39.6 Å². The van der Waals surface area contributed by atoms with Crippen molar-refractivity contribution in [1.82, 2.24) is 15.0 Å². The van der Waals surface area contributed by atoms with E-state index in [-0.39, 0.29) is 23.9 Å². The number of ether oxygens (including phenoxy) is 1. The van der Waals surface area contributed by atoms with Gasteiger partial charge in [0.15, 0.2) is 0 Å². The van der Waals surface area contributed by atoms with Crippen LogP contribution < -0.4 is 10.1 Å². The Bertz CT molecular complexity index is 1120. The topological polar surface area (TPSA) is 79.7 Å². The fourth-order valence-electron chi connectivity index (χ4n) is 3.16. The second-order valence-corrected chi connectivity index (χ2v) is 7.20. The van der Waals surface area contributed by atoms with Gasteiger partial charge in [-0.15, -0.1) is 13.2 Å². The number of urea groups is 1. The molecule has 1 aromatic heterocycles. The largest absolute Gasteiger partial charge is 0.573 e. The Morgan fingerprint density at radius 2 is 1.81 bits per heavy atom. The molecule has 11 heteroatoms. The van der Waals surface area contributed by atoms with E-state index < -0.39 is 12.4 Å². The van der Waals surface area contributed by atoms with Gasteiger partial charge in [-0.25, -0.2) is 9.80 Å². The number of hydrazone groups is 1. The highest BCUT2D eigenvalue weighted by Gasteiger charge is 2.34. The highest BCUT2D eigenvalue weighted by atomic mass is 35.5. The Labute approximate surface area is 185 Å². The number of alkyl halides is 3. The van der Waals surface area contributed by atoms with Crippen molar-refractivity contribution >= 4 is 29.0 Å². The minimum absolute atomic E-state index is 0.206. The molecule has 1 aliphatic heterocycles. The van der Waals surface area contributed by atoms with Crippen LogP contribution in [0.1, 0.15) is 17.2 Å². The summed E-state index contributed by atoms with van der Waals surface area (Å²) in [5, 5.41) is 8.88. The van der Waals surface area contributed by atoms with Gasteiger partial charge in [0, 0.05) is 29.3 Å². The molecule has 2 heterocycles. The van der Waals surface area contributed by atoms with Crippen molar-refractivity contribution in [2.75, 3.05) is 11.9 Å². The molecule has 1 N–H and O–H groups in total. The third-order valence-electron chi connectivity index (χ3n) is 4.57. The van der Waals surface area contributed by atoms with Crippen LogP contribution in [0.5, 0.6) is 5.75 Å². The molecular formula is C21H15ClF3N5O2. The molecule has 164 valence electrons. The number of carbonyl (C=O) groups is 1. The number of nitrogens with zero attached hydrogens (tertiary/aromatic N) is 4. The average molecular weight is 462 g/mol. The van der Waals surface area contributed by atoms with Crippen LogP contribution in [0.25, 0.3) is 0 Å². The lowest BCUT2D eigenvalue weighted by Gasteiger charge is -2.15. The summed E-state index contributed by atoms with van der Waals surface area (Å²) in [6.07, 6.45) is -0.0738. The molecule has 0 aliphatic carbocycles. The molecule has 3 aromatic rings. The maximum Gasteiger partial charge on any atom is 0.573 e. The van der Waals surface area contributed by atoms with Crippen LogP contribution in [0.15, 0.2) is 72.2 Å². The lowest BCUT2D eigenvalue weighted by atomic mass is 9.95. The molecular weight excluding hydrogens is 447 g/mol. The van der Waals surface area contributed by atoms with Crippen LogP contribution in [0, 0.1) is 0 Å². The van der Waals surface area contributed by atoms with E-state index in [1.54, 1.807) is 42.9 Å². The molecule has 0 radical (unpaired) electrons. The second-order valence-electron chi connectivity index (χ2n) is 6.76. The summed E-state index contributed by atoms with van der Waals surface area (Å²) in [6, 6.07) is 11.3. The van der Waals surface area contributed by atoms with Gasteiger partial charge in [0.25, 0.3) is 0 Å². The quantitative estimate of drug-likeness (QED) is 0.588. The summed E-state index contributed by atoms with van der Waals surface area (Å²) in [6.45, 7) is 0.206. The van der Waals surface area contributed by atoms with Crippen molar-refractivity contribution in [3.8, 4) is 5.75 Å². The first kappa shape index (κ1) is 21.6. The third kappa shape index (κ3) is 5.14. The van der Waals surface area contributed by atoms with Crippen LogP contribution in [0.3, 0.4) is 0 Å². The van der Waals surface area contributed by atoms with Crippen molar-refractivity contribution in [1.29, 1.82) is 0 Å². The predicted octanol–water partition coefficient (Wildman–Crippen LogP) is 5.06. The summed E-state index contributed by atoms with van der Waals surface area (Å²) >= 11 is 5.98. The normalized spacial score (nSPS) is 15.9. The number of nitrogens with one attached hydrogen (secondary N) is 1. The Morgan fingerprint density at radius 3 is 2.44 bits per heavy atom. The predicted molar refractivity (Wildman–Crippen MR) is 112 cm³/mol. The molecule has 0 saturated carbocycles. The molecule has 0 bridgehead atoms. The SMILES string of the molecule is O=C(Nc1ccc(OC(F)(F)F)cc1)N1CC(c2cnccn2)C(c2ccc(Cl)cc2)=N1. The maximum absolute atomic E-state index is 12.8. The van der Waals surface area contributed by atoms with Gasteiger partial charge in [-0.05, 0) is 42.0 Å². The van der Waals surface area contributed by atoms with E-state index in [1.165, 1.54) is 17.1 Å². The highest BCUT2D eigenvalue weighted by molar-refractivity contribution is 6.30. The van der Waals surface area contributed by atoms with E-state index in [9.17, 15) is 18.0 Å². The molecule has 0 fully saturated rings. The number of aromatic nitrogens is 2. The maximum atomic E-state index is 12.8. The van der Waals surface area contributed by atoms with Crippen LogP contribution >= 0.6 is 11.6 Å². The lowest BCUT2D eigenvalue weighted by Crippen LogP contribution is -2.30. The van der Waals surface area contributed by atoms with Crippen molar-refractivity contribution in [2.45, 2.75) is 12.3 Å². The van der Waals surface area contributed by atoms with Crippen molar-refractivity contribution in [3.63, 3.8) is 0 Å². The summed E-state index contributed by atoms with van der Waals surface area (Å²) in [4.78, 5) is 21.2. The first-order valence-electron chi connectivity index (χ1n) is 9.33. The molecule has 2 aromatic carbocycles. The minimum atomic E-state index is -4.79. The summed E-state index contributed by atoms with van der Waals surface area (Å²) in [5.41, 5.74) is 2.32. The molecule has 4 rings (SSSR count). The Kier molecular flexibility index (Phi) is 5.95. The average Bonchev–Trinajstić information content (AvgIpc) is 3.21. The molecule has 0 saturated heterocycles. The zero-order valence-corrected chi connectivity index (χ0v) is 17.0. The summed E-state index contributed by atoms with van der Waals surface area (Å²) < 4.78 is 40.7. The molecule has 32 heavy (non-hydrogen) atoms. The molecule has 1 aliphatic rings. The fourth-order valence-corrected chi connectivity index (χ4v) is 3.29. The molecule has 1 unspecified atom stereocenters. The summed E-state index contributed by atoms with van der Waals surface area (Å²) in [7, 11) is 0. The highest BCUT2D eigenvalue weighted by Crippen LogP contribution is 2.29. The van der Waals surface area contributed by atoms with Gasteiger partial charge in [0.2, 0.25) is 0 Å². The van der Waals surface area contributed by atoms with Gasteiger partial charge in [0.05, 0.1) is 23.9 Å². The number of rotatable bonds is 4. The van der Waals surface area contributed by atoms with E-state index in [0.717, 1.165) is 17.7 Å². The van der Waals surface area contributed by atoms with E-state index in [4.69, 9.17) is 11.6 Å². The van der Waals surface area contributed by atoms with Crippen molar-refractivity contribution in [2.24, 2.45) is 5.10 Å². The second kappa shape index (κ2) is 8.83. The van der Waals surface area contributed by atoms with Gasteiger partial charge in [-0.3, -0.25) is 9.97 Å². The van der Waals surface area contributed by atoms with Crippen LogP contribution in [-0.2, 0) is 0 Å². The monoisotopic (exact) mass is 461 g/mol. The number of hydrogen-bond donors (Lipinski definition) is 1. The first-order valence-corrected chi connectivity index (χ1v) is 9.71. The van der Waals surface area contributed by atoms with Crippen LogP contribution in [0.2, 0.25) is 5.02 Å². The van der Waals surface area contributed by atoms with E-state index in [2.05, 4.69) is 25.1 Å². The zero-order valence-electron chi connectivity index (χ0n) is 16.3. The minimum Gasteiger partial charge on any atom is -0.406 e. The number of hydrogen-bond acceptors (Lipinski definition) is 5. The first-order chi connectivity index (χ1) is 15.3. The lowest BCUT2D eigenvalue weighted by molar-refractivity contribution is -0.274. The fraction of sp³-hybridized carbons (Fsp3) is 0.143. The van der Waals surface area contributed by atoms with Crippen molar-refractivity contribution < 1.29 is 22.7 Å². The van der Waals surface area contributed by atoms with Crippen molar-refractivity contribution in [3.05, 3.63) is 83.4 Å². The number of amides is 2. The van der Waals surface area contributed by atoms with Gasteiger partial charge < -0.3 is 10.1 Å². The van der Waals surface area contributed by atoms with Gasteiger partial charge in [-0.2, -0.15) is 5.10 Å². The van der Waals surface area contributed by atoms with Gasteiger partial charge in [0.1, 0.15) is 5.75 Å². The summed E-state index contributed by atoms with van der Waals surface area (Å²) in [5.74, 6) is -0.708. The van der Waals surface area contributed by atoms with Crippen LogP contribution in [0.4, 0.5) is 23.7 Å². The zero-order chi connectivity index (χ0) is 22.7. The van der Waals surface area contributed by atoms with Gasteiger partial charge >= 0.3 is 12.4 Å².